The zero-order valence-corrected chi connectivity index (χ0v) is 21.9. The van der Waals surface area contributed by atoms with Crippen molar-refractivity contribution in [1.82, 2.24) is 4.90 Å². The molecule has 0 unspecified atom stereocenters. The largest absolute Gasteiger partial charge is 0.490 e. The number of halogens is 6. The summed E-state index contributed by atoms with van der Waals surface area (Å²) in [7, 11) is 0. The summed E-state index contributed by atoms with van der Waals surface area (Å²) in [5, 5.41) is 19.5. The van der Waals surface area contributed by atoms with Crippen LogP contribution in [0.15, 0.2) is 83.9 Å². The Morgan fingerprint density at radius 3 is 1.93 bits per heavy atom. The minimum absolute atomic E-state index is 0.188. The monoisotopic (exact) mass is 596 g/mol. The van der Waals surface area contributed by atoms with Gasteiger partial charge in [-0.25, -0.2) is 14.6 Å². The van der Waals surface area contributed by atoms with E-state index in [0.29, 0.717) is 50.1 Å². The summed E-state index contributed by atoms with van der Waals surface area (Å²) in [6, 6.07) is 21.6. The smallest absolute Gasteiger partial charge is 0.478 e. The zero-order valence-electron chi connectivity index (χ0n) is 21.9. The van der Waals surface area contributed by atoms with Gasteiger partial charge in [0.25, 0.3) is 0 Å². The number of benzene rings is 3. The molecule has 224 valence electrons. The molecule has 3 aromatic carbocycles. The van der Waals surface area contributed by atoms with E-state index >= 15 is 0 Å². The second kappa shape index (κ2) is 13.7. The van der Waals surface area contributed by atoms with Crippen molar-refractivity contribution in [1.29, 1.82) is 0 Å². The van der Waals surface area contributed by atoms with E-state index in [0.717, 1.165) is 11.6 Å². The van der Waals surface area contributed by atoms with Crippen LogP contribution in [0, 0.1) is 0 Å². The third-order valence-corrected chi connectivity index (χ3v) is 6.00. The first-order valence-electron chi connectivity index (χ1n) is 12.4. The van der Waals surface area contributed by atoms with Crippen LogP contribution >= 0.6 is 0 Å². The molecule has 0 spiro atoms. The van der Waals surface area contributed by atoms with Crippen LogP contribution in [0.1, 0.15) is 21.5 Å². The zero-order chi connectivity index (χ0) is 30.9. The molecule has 1 aliphatic heterocycles. The highest BCUT2D eigenvalue weighted by Crippen LogP contribution is 2.32. The van der Waals surface area contributed by atoms with E-state index in [9.17, 15) is 31.1 Å². The molecule has 1 saturated heterocycles. The molecular formula is C28H26F6N4O4. The number of aliphatic imine (C=N–C) groups is 1. The molecule has 1 fully saturated rings. The van der Waals surface area contributed by atoms with Gasteiger partial charge in [0.1, 0.15) is 0 Å². The van der Waals surface area contributed by atoms with Crippen LogP contribution in [0.2, 0.25) is 0 Å². The SMILES string of the molecule is O=C(O)C(F)(F)F.O=C(O)c1ccc(NC(=NCc2ccccc2)N2CCN(c3cccc(C(F)(F)F)c3)CC2)cc1. The van der Waals surface area contributed by atoms with Gasteiger partial charge < -0.3 is 25.3 Å². The number of nitrogens with one attached hydrogen (secondary N) is 1. The van der Waals surface area contributed by atoms with Crippen LogP contribution in [0.4, 0.5) is 37.7 Å². The highest BCUT2D eigenvalue weighted by atomic mass is 19.4. The maximum Gasteiger partial charge on any atom is 0.490 e. The maximum absolute atomic E-state index is 13.1. The Balaban J connectivity index is 0.000000616. The van der Waals surface area contributed by atoms with Gasteiger partial charge in [0.2, 0.25) is 0 Å². The first-order chi connectivity index (χ1) is 19.7. The number of piperazine rings is 1. The number of carbonyl (C=O) groups is 2. The number of rotatable bonds is 5. The summed E-state index contributed by atoms with van der Waals surface area (Å²) in [6.07, 6.45) is -9.46. The number of hydrogen-bond acceptors (Lipinski definition) is 4. The first kappa shape index (κ1) is 31.8. The van der Waals surface area contributed by atoms with Gasteiger partial charge in [-0.15, -0.1) is 0 Å². The van der Waals surface area contributed by atoms with Crippen molar-refractivity contribution >= 4 is 29.3 Å². The Hall–Kier alpha value is -4.75. The topological polar surface area (TPSA) is 105 Å². The molecule has 8 nitrogen and oxygen atoms in total. The number of hydrogen-bond donors (Lipinski definition) is 3. The molecule has 42 heavy (non-hydrogen) atoms. The average Bonchev–Trinajstić information content (AvgIpc) is 2.95. The minimum atomic E-state index is -5.08. The normalized spacial score (nSPS) is 14.1. The Morgan fingerprint density at radius 2 is 1.40 bits per heavy atom. The molecule has 0 atom stereocenters. The molecular weight excluding hydrogens is 570 g/mol. The lowest BCUT2D eigenvalue weighted by Gasteiger charge is -2.38. The van der Waals surface area contributed by atoms with Crippen LogP contribution in [0.3, 0.4) is 0 Å². The van der Waals surface area contributed by atoms with E-state index in [1.165, 1.54) is 24.3 Å². The molecule has 0 bridgehead atoms. The van der Waals surface area contributed by atoms with Gasteiger partial charge in [0.15, 0.2) is 5.96 Å². The standard InChI is InChI=1S/C26H25F3N4O2.C2HF3O2/c27-26(28,29)21-7-4-8-23(17-21)32-13-15-33(16-14-32)25(30-18-19-5-2-1-3-6-19)31-22-11-9-20(10-12-22)24(34)35;3-2(4,5)1(6)7/h1-12,17H,13-16,18H2,(H,30,31)(H,34,35);(H,6,7). The number of carboxylic acids is 2. The number of guanidine groups is 1. The number of alkyl halides is 6. The molecule has 0 saturated carbocycles. The molecule has 1 aliphatic rings. The highest BCUT2D eigenvalue weighted by molar-refractivity contribution is 5.95. The number of anilines is 2. The highest BCUT2D eigenvalue weighted by Gasteiger charge is 2.38. The second-order valence-corrected chi connectivity index (χ2v) is 8.96. The number of carboxylic acid groups (broad SMARTS) is 2. The van der Waals surface area contributed by atoms with E-state index in [1.54, 1.807) is 18.2 Å². The minimum Gasteiger partial charge on any atom is -0.478 e. The Morgan fingerprint density at radius 1 is 0.810 bits per heavy atom. The van der Waals surface area contributed by atoms with Gasteiger partial charge in [-0.3, -0.25) is 0 Å². The summed E-state index contributed by atoms with van der Waals surface area (Å²) >= 11 is 0. The van der Waals surface area contributed by atoms with Crippen LogP contribution in [-0.2, 0) is 17.5 Å². The van der Waals surface area contributed by atoms with E-state index in [1.807, 2.05) is 35.2 Å². The molecule has 0 radical (unpaired) electrons. The predicted octanol–water partition coefficient (Wildman–Crippen LogP) is 5.83. The van der Waals surface area contributed by atoms with Gasteiger partial charge in [-0.2, -0.15) is 26.3 Å². The van der Waals surface area contributed by atoms with Gasteiger partial charge in [-0.05, 0) is 48.0 Å². The summed E-state index contributed by atoms with van der Waals surface area (Å²) in [6.45, 7) is 2.63. The Kier molecular flexibility index (Phi) is 10.4. The Bertz CT molecular complexity index is 1370. The molecule has 14 heteroatoms. The third-order valence-electron chi connectivity index (χ3n) is 6.00. The van der Waals surface area contributed by atoms with Crippen LogP contribution in [0.5, 0.6) is 0 Å². The van der Waals surface area contributed by atoms with Crippen molar-refractivity contribution in [2.45, 2.75) is 18.9 Å². The summed E-state index contributed by atoms with van der Waals surface area (Å²) in [5.41, 5.74) is 1.80. The maximum atomic E-state index is 13.1. The van der Waals surface area contributed by atoms with E-state index in [4.69, 9.17) is 20.0 Å². The quantitative estimate of drug-likeness (QED) is 0.194. The van der Waals surface area contributed by atoms with Crippen molar-refractivity contribution in [3.8, 4) is 0 Å². The molecule has 3 N–H and O–H groups in total. The summed E-state index contributed by atoms with van der Waals surface area (Å²) in [5.74, 6) is -3.13. The van der Waals surface area contributed by atoms with Crippen molar-refractivity contribution in [2.75, 3.05) is 36.4 Å². The number of nitrogens with zero attached hydrogens (tertiary/aromatic N) is 3. The van der Waals surface area contributed by atoms with Gasteiger partial charge in [-0.1, -0.05) is 36.4 Å². The third kappa shape index (κ3) is 9.42. The lowest BCUT2D eigenvalue weighted by molar-refractivity contribution is -0.192. The second-order valence-electron chi connectivity index (χ2n) is 8.96. The van der Waals surface area contributed by atoms with Gasteiger partial charge >= 0.3 is 24.3 Å². The average molecular weight is 597 g/mol. The van der Waals surface area contributed by atoms with Crippen molar-refractivity contribution in [3.05, 3.63) is 95.6 Å². The van der Waals surface area contributed by atoms with Gasteiger partial charge in [0, 0.05) is 37.6 Å². The Labute approximate surface area is 236 Å². The van der Waals surface area contributed by atoms with Crippen LogP contribution in [-0.4, -0.2) is 65.4 Å². The first-order valence-corrected chi connectivity index (χ1v) is 12.4. The van der Waals surface area contributed by atoms with Crippen LogP contribution in [0.25, 0.3) is 0 Å². The molecule has 3 aromatic rings. The predicted molar refractivity (Wildman–Crippen MR) is 144 cm³/mol. The van der Waals surface area contributed by atoms with E-state index in [2.05, 4.69) is 10.2 Å². The lowest BCUT2D eigenvalue weighted by atomic mass is 10.1. The summed E-state index contributed by atoms with van der Waals surface area (Å²) < 4.78 is 71.1. The fourth-order valence-corrected chi connectivity index (χ4v) is 3.85. The molecule has 0 amide bonds. The van der Waals surface area contributed by atoms with Crippen molar-refractivity contribution in [2.24, 2.45) is 4.99 Å². The van der Waals surface area contributed by atoms with E-state index < -0.39 is 29.9 Å². The fourth-order valence-electron chi connectivity index (χ4n) is 3.85. The molecule has 1 heterocycles. The van der Waals surface area contributed by atoms with E-state index in [-0.39, 0.29) is 5.56 Å². The number of aromatic carboxylic acids is 1. The molecule has 0 aliphatic carbocycles. The lowest BCUT2D eigenvalue weighted by Crippen LogP contribution is -2.50. The van der Waals surface area contributed by atoms with Crippen molar-refractivity contribution in [3.63, 3.8) is 0 Å². The number of aliphatic carboxylic acids is 1. The van der Waals surface area contributed by atoms with Crippen LogP contribution < -0.4 is 10.2 Å². The van der Waals surface area contributed by atoms with Crippen molar-refractivity contribution < 1.29 is 46.1 Å². The fraction of sp³-hybridized carbons (Fsp3) is 0.250. The summed E-state index contributed by atoms with van der Waals surface area (Å²) in [4.78, 5) is 28.8. The molecule has 4 rings (SSSR count). The van der Waals surface area contributed by atoms with Gasteiger partial charge in [0.05, 0.1) is 17.7 Å². The molecule has 0 aromatic heterocycles.